The van der Waals surface area contributed by atoms with E-state index < -0.39 is 5.82 Å². The summed E-state index contributed by atoms with van der Waals surface area (Å²) in [6.45, 7) is 6.43. The first kappa shape index (κ1) is 24.0. The third-order valence-electron chi connectivity index (χ3n) is 6.14. The Hall–Kier alpha value is -3.19. The van der Waals surface area contributed by atoms with Gasteiger partial charge in [0.2, 0.25) is 5.91 Å². The van der Waals surface area contributed by atoms with Crippen molar-refractivity contribution in [2.45, 2.75) is 39.3 Å². The molecular weight excluding hydrogens is 451 g/mol. The first-order valence-corrected chi connectivity index (χ1v) is 12.3. The van der Waals surface area contributed by atoms with Crippen molar-refractivity contribution in [2.75, 3.05) is 19.7 Å². The zero-order valence-corrected chi connectivity index (χ0v) is 20.5. The number of carbonyl (C=O) groups excluding carboxylic acids is 2. The lowest BCUT2D eigenvalue weighted by atomic mass is 10.00. The van der Waals surface area contributed by atoms with Crippen LogP contribution in [-0.2, 0) is 11.2 Å². The Morgan fingerprint density at radius 1 is 1.15 bits per heavy atom. The molecule has 0 saturated heterocycles. The maximum absolute atomic E-state index is 14.1. The van der Waals surface area contributed by atoms with Crippen molar-refractivity contribution in [2.24, 2.45) is 0 Å². The number of thiophene rings is 1. The minimum Gasteiger partial charge on any atom is -0.488 e. The van der Waals surface area contributed by atoms with Crippen molar-refractivity contribution in [3.8, 4) is 5.75 Å². The molecule has 0 fully saturated rings. The van der Waals surface area contributed by atoms with Gasteiger partial charge in [-0.25, -0.2) is 4.39 Å². The monoisotopic (exact) mass is 480 g/mol. The quantitative estimate of drug-likeness (QED) is 0.464. The van der Waals surface area contributed by atoms with E-state index in [4.69, 9.17) is 4.74 Å². The van der Waals surface area contributed by atoms with E-state index in [1.807, 2.05) is 44.4 Å². The van der Waals surface area contributed by atoms with Gasteiger partial charge in [0.1, 0.15) is 13.2 Å². The van der Waals surface area contributed by atoms with E-state index in [2.05, 4.69) is 0 Å². The van der Waals surface area contributed by atoms with Crippen molar-refractivity contribution >= 4 is 23.2 Å². The van der Waals surface area contributed by atoms with Gasteiger partial charge in [-0.1, -0.05) is 29.8 Å². The van der Waals surface area contributed by atoms with Gasteiger partial charge in [-0.3, -0.25) is 9.59 Å². The van der Waals surface area contributed by atoms with Gasteiger partial charge in [0.05, 0.1) is 6.04 Å². The van der Waals surface area contributed by atoms with Gasteiger partial charge in [-0.2, -0.15) is 0 Å². The number of fused-ring (bicyclic) bond motifs is 1. The second-order valence-electron chi connectivity index (χ2n) is 8.79. The van der Waals surface area contributed by atoms with Crippen LogP contribution in [0.1, 0.15) is 46.3 Å². The van der Waals surface area contributed by atoms with Crippen LogP contribution >= 0.6 is 11.3 Å². The molecule has 4 rings (SSSR count). The molecule has 7 heteroatoms. The SMILES string of the molecule is Cc1ccc(C(=O)N(CC(=O)N2CCc3sccc3C2COc2ccccc2F)C(C)C)cc1. The molecule has 34 heavy (non-hydrogen) atoms. The predicted octanol–water partition coefficient (Wildman–Crippen LogP) is 5.25. The lowest BCUT2D eigenvalue weighted by Crippen LogP contribution is -2.49. The second kappa shape index (κ2) is 10.4. The lowest BCUT2D eigenvalue weighted by Gasteiger charge is -2.37. The molecule has 0 spiro atoms. The third-order valence-corrected chi connectivity index (χ3v) is 7.13. The Morgan fingerprint density at radius 3 is 2.59 bits per heavy atom. The average molecular weight is 481 g/mol. The van der Waals surface area contributed by atoms with Crippen LogP contribution in [0.5, 0.6) is 5.75 Å². The van der Waals surface area contributed by atoms with E-state index >= 15 is 0 Å². The van der Waals surface area contributed by atoms with Gasteiger partial charge >= 0.3 is 0 Å². The molecule has 3 aromatic rings. The smallest absolute Gasteiger partial charge is 0.254 e. The number of benzene rings is 2. The number of carbonyl (C=O) groups is 2. The molecule has 0 radical (unpaired) electrons. The number of nitrogens with zero attached hydrogens (tertiary/aromatic N) is 2. The molecule has 1 aliphatic rings. The van der Waals surface area contributed by atoms with Crippen molar-refractivity contribution < 1.29 is 18.7 Å². The van der Waals surface area contributed by atoms with Gasteiger partial charge in [0.25, 0.3) is 5.91 Å². The molecule has 2 heterocycles. The van der Waals surface area contributed by atoms with E-state index in [0.29, 0.717) is 12.1 Å². The van der Waals surface area contributed by atoms with E-state index in [-0.39, 0.29) is 42.8 Å². The molecule has 2 aromatic carbocycles. The molecule has 178 valence electrons. The maximum Gasteiger partial charge on any atom is 0.254 e. The third kappa shape index (κ3) is 5.14. The minimum absolute atomic E-state index is 0.0277. The first-order valence-electron chi connectivity index (χ1n) is 11.5. The molecule has 0 aliphatic carbocycles. The highest BCUT2D eigenvalue weighted by Crippen LogP contribution is 2.34. The highest BCUT2D eigenvalue weighted by atomic mass is 32.1. The van der Waals surface area contributed by atoms with Gasteiger partial charge in [-0.05, 0) is 68.5 Å². The summed E-state index contributed by atoms with van der Waals surface area (Å²) in [6.07, 6.45) is 0.753. The van der Waals surface area contributed by atoms with E-state index in [9.17, 15) is 14.0 Å². The molecule has 0 bridgehead atoms. The summed E-state index contributed by atoms with van der Waals surface area (Å²) in [4.78, 5) is 31.3. The predicted molar refractivity (Wildman–Crippen MR) is 132 cm³/mol. The van der Waals surface area contributed by atoms with Gasteiger partial charge < -0.3 is 14.5 Å². The Bertz CT molecular complexity index is 1160. The summed E-state index contributed by atoms with van der Waals surface area (Å²) in [7, 11) is 0. The minimum atomic E-state index is -0.434. The van der Waals surface area contributed by atoms with E-state index in [1.165, 1.54) is 10.9 Å². The molecule has 1 aliphatic heterocycles. The fraction of sp³-hybridized carbons (Fsp3) is 0.333. The van der Waals surface area contributed by atoms with Gasteiger partial charge in [-0.15, -0.1) is 11.3 Å². The maximum atomic E-state index is 14.1. The lowest BCUT2D eigenvalue weighted by molar-refractivity contribution is -0.136. The van der Waals surface area contributed by atoms with Crippen LogP contribution < -0.4 is 4.74 Å². The summed E-state index contributed by atoms with van der Waals surface area (Å²) < 4.78 is 19.9. The van der Waals surface area contributed by atoms with E-state index in [1.54, 1.807) is 51.5 Å². The number of halogens is 1. The average Bonchev–Trinajstić information content (AvgIpc) is 3.31. The molecule has 2 amide bonds. The Labute approximate surface area is 203 Å². The number of ether oxygens (including phenoxy) is 1. The van der Waals surface area contributed by atoms with Crippen LogP contribution in [0.4, 0.5) is 4.39 Å². The molecule has 1 atom stereocenters. The van der Waals surface area contributed by atoms with Crippen molar-refractivity contribution in [3.05, 3.63) is 87.4 Å². The van der Waals surface area contributed by atoms with E-state index in [0.717, 1.165) is 17.5 Å². The van der Waals surface area contributed by atoms with Crippen molar-refractivity contribution in [1.82, 2.24) is 9.80 Å². The number of amides is 2. The van der Waals surface area contributed by atoms with Gasteiger partial charge in [0.15, 0.2) is 11.6 Å². The summed E-state index contributed by atoms with van der Waals surface area (Å²) in [5, 5.41) is 2.01. The number of aryl methyl sites for hydroxylation is 1. The Morgan fingerprint density at radius 2 is 1.88 bits per heavy atom. The van der Waals surface area contributed by atoms with Crippen molar-refractivity contribution in [1.29, 1.82) is 0 Å². The number of para-hydroxylation sites is 1. The largest absolute Gasteiger partial charge is 0.488 e. The summed E-state index contributed by atoms with van der Waals surface area (Å²) in [5.74, 6) is -0.587. The number of hydrogen-bond donors (Lipinski definition) is 0. The topological polar surface area (TPSA) is 49.9 Å². The van der Waals surface area contributed by atoms with Crippen LogP contribution in [0.25, 0.3) is 0 Å². The Kier molecular flexibility index (Phi) is 7.32. The van der Waals surface area contributed by atoms with Crippen LogP contribution in [-0.4, -0.2) is 47.4 Å². The van der Waals surface area contributed by atoms with Crippen molar-refractivity contribution in [3.63, 3.8) is 0 Å². The first-order chi connectivity index (χ1) is 16.3. The molecule has 1 aromatic heterocycles. The van der Waals surface area contributed by atoms with Crippen LogP contribution in [0.2, 0.25) is 0 Å². The fourth-order valence-electron chi connectivity index (χ4n) is 4.19. The highest BCUT2D eigenvalue weighted by Gasteiger charge is 2.34. The zero-order chi connectivity index (χ0) is 24.2. The summed E-state index contributed by atoms with van der Waals surface area (Å²) in [5.41, 5.74) is 2.66. The zero-order valence-electron chi connectivity index (χ0n) is 19.7. The number of hydrogen-bond acceptors (Lipinski definition) is 4. The summed E-state index contributed by atoms with van der Waals surface area (Å²) in [6, 6.07) is 15.2. The number of rotatable bonds is 7. The second-order valence-corrected chi connectivity index (χ2v) is 9.79. The molecule has 0 N–H and O–H groups in total. The van der Waals surface area contributed by atoms with Gasteiger partial charge in [0, 0.05) is 23.0 Å². The molecular formula is C27H29FN2O3S. The highest BCUT2D eigenvalue weighted by molar-refractivity contribution is 7.10. The summed E-state index contributed by atoms with van der Waals surface area (Å²) >= 11 is 1.66. The van der Waals surface area contributed by atoms with Crippen LogP contribution in [0.3, 0.4) is 0 Å². The molecule has 5 nitrogen and oxygen atoms in total. The molecule has 1 unspecified atom stereocenters. The Balaban J connectivity index is 1.54. The standard InChI is InChI=1S/C27H29FN2O3S/c1-18(2)30(27(32)20-10-8-19(3)9-11-20)16-26(31)29-14-12-25-21(13-15-34-25)23(29)17-33-24-7-5-4-6-22(24)28/h4-11,13,15,18,23H,12,14,16-17H2,1-3H3. The fourth-order valence-corrected chi connectivity index (χ4v) is 5.12. The van der Waals surface area contributed by atoms with Crippen LogP contribution in [0, 0.1) is 12.7 Å². The normalized spacial score (nSPS) is 15.2. The van der Waals surface area contributed by atoms with Crippen LogP contribution in [0.15, 0.2) is 60.0 Å². The molecule has 0 saturated carbocycles.